The molecule has 0 saturated carbocycles. The SMILES string of the molecule is Cc1ccc(NC(=S)NN=Cc2cc(C)c(C)o2)c(C)c1. The van der Waals surface area contributed by atoms with E-state index in [0.717, 1.165) is 22.6 Å². The van der Waals surface area contributed by atoms with Crippen LogP contribution >= 0.6 is 12.2 Å². The van der Waals surface area contributed by atoms with Gasteiger partial charge in [-0.25, -0.2) is 0 Å². The van der Waals surface area contributed by atoms with Crippen molar-refractivity contribution in [3.8, 4) is 0 Å². The largest absolute Gasteiger partial charge is 0.460 e. The fourth-order valence-electron chi connectivity index (χ4n) is 1.92. The van der Waals surface area contributed by atoms with Gasteiger partial charge in [0.1, 0.15) is 11.5 Å². The molecule has 0 amide bonds. The normalized spacial score (nSPS) is 10.9. The fraction of sp³-hybridized carbons (Fsp3) is 0.250. The van der Waals surface area contributed by atoms with Crippen LogP contribution in [0, 0.1) is 27.7 Å². The van der Waals surface area contributed by atoms with Crippen LogP contribution in [-0.2, 0) is 0 Å². The molecule has 1 heterocycles. The van der Waals surface area contributed by atoms with Crippen molar-refractivity contribution in [3.05, 3.63) is 52.5 Å². The van der Waals surface area contributed by atoms with Gasteiger partial charge < -0.3 is 9.73 Å². The van der Waals surface area contributed by atoms with Crippen LogP contribution in [0.5, 0.6) is 0 Å². The van der Waals surface area contributed by atoms with Crippen LogP contribution in [-0.4, -0.2) is 11.3 Å². The second-order valence-electron chi connectivity index (χ2n) is 5.03. The lowest BCUT2D eigenvalue weighted by Crippen LogP contribution is -2.24. The van der Waals surface area contributed by atoms with Gasteiger partial charge in [-0.3, -0.25) is 5.43 Å². The number of aryl methyl sites for hydroxylation is 4. The van der Waals surface area contributed by atoms with Gasteiger partial charge in [0.25, 0.3) is 0 Å². The van der Waals surface area contributed by atoms with Gasteiger partial charge in [-0.15, -0.1) is 0 Å². The summed E-state index contributed by atoms with van der Waals surface area (Å²) in [7, 11) is 0. The summed E-state index contributed by atoms with van der Waals surface area (Å²) >= 11 is 5.21. The molecule has 0 bridgehead atoms. The van der Waals surface area contributed by atoms with Crippen LogP contribution in [0.3, 0.4) is 0 Å². The van der Waals surface area contributed by atoms with E-state index in [9.17, 15) is 0 Å². The summed E-state index contributed by atoms with van der Waals surface area (Å²) < 4.78 is 5.49. The number of rotatable bonds is 3. The molecule has 0 radical (unpaired) electrons. The van der Waals surface area contributed by atoms with Crippen molar-refractivity contribution in [3.63, 3.8) is 0 Å². The van der Waals surface area contributed by atoms with Crippen molar-refractivity contribution in [1.29, 1.82) is 0 Å². The molecule has 2 N–H and O–H groups in total. The lowest BCUT2D eigenvalue weighted by atomic mass is 10.1. The van der Waals surface area contributed by atoms with Crippen LogP contribution in [0.1, 0.15) is 28.2 Å². The minimum atomic E-state index is 0.443. The predicted octanol–water partition coefficient (Wildman–Crippen LogP) is 3.83. The number of thiocarbonyl (C=S) groups is 1. The lowest BCUT2D eigenvalue weighted by molar-refractivity contribution is 0.525. The van der Waals surface area contributed by atoms with Gasteiger partial charge in [0, 0.05) is 5.69 Å². The summed E-state index contributed by atoms with van der Waals surface area (Å²) in [6, 6.07) is 8.07. The van der Waals surface area contributed by atoms with Crippen LogP contribution in [0.2, 0.25) is 0 Å². The first kappa shape index (κ1) is 15.3. The van der Waals surface area contributed by atoms with E-state index in [1.165, 1.54) is 5.56 Å². The first-order valence-electron chi connectivity index (χ1n) is 6.70. The van der Waals surface area contributed by atoms with Crippen LogP contribution in [0.4, 0.5) is 5.69 Å². The molecule has 0 saturated heterocycles. The number of furan rings is 1. The Morgan fingerprint density at radius 3 is 2.52 bits per heavy atom. The quantitative estimate of drug-likeness (QED) is 0.514. The van der Waals surface area contributed by atoms with Gasteiger partial charge in [0.05, 0.1) is 6.21 Å². The minimum Gasteiger partial charge on any atom is -0.460 e. The highest BCUT2D eigenvalue weighted by Crippen LogP contribution is 2.15. The second-order valence-corrected chi connectivity index (χ2v) is 5.44. The summed E-state index contributed by atoms with van der Waals surface area (Å²) in [6.07, 6.45) is 1.61. The Hall–Kier alpha value is -2.14. The summed E-state index contributed by atoms with van der Waals surface area (Å²) in [5, 5.41) is 7.63. The standard InChI is InChI=1S/C16H19N3OS/c1-10-5-6-15(12(3)7-10)18-16(21)19-17-9-14-8-11(2)13(4)20-14/h5-9H,1-4H3,(H2,18,19,21). The van der Waals surface area contributed by atoms with E-state index in [1.54, 1.807) is 6.21 Å². The molecule has 0 aliphatic heterocycles. The van der Waals surface area contributed by atoms with Gasteiger partial charge >= 0.3 is 0 Å². The molecule has 4 nitrogen and oxygen atoms in total. The predicted molar refractivity (Wildman–Crippen MR) is 91.0 cm³/mol. The molecule has 2 aromatic rings. The summed E-state index contributed by atoms with van der Waals surface area (Å²) in [5.74, 6) is 1.60. The number of hydrogen-bond acceptors (Lipinski definition) is 3. The molecule has 0 unspecified atom stereocenters. The Morgan fingerprint density at radius 1 is 1.14 bits per heavy atom. The molecule has 0 atom stereocenters. The van der Waals surface area contributed by atoms with Gasteiger partial charge in [-0.05, 0) is 63.2 Å². The average molecular weight is 301 g/mol. The van der Waals surface area contributed by atoms with E-state index in [2.05, 4.69) is 28.8 Å². The zero-order chi connectivity index (χ0) is 15.4. The molecule has 1 aromatic heterocycles. The molecular weight excluding hydrogens is 282 g/mol. The number of hydrogen-bond donors (Lipinski definition) is 2. The maximum absolute atomic E-state index is 5.49. The third-order valence-electron chi connectivity index (χ3n) is 3.17. The minimum absolute atomic E-state index is 0.443. The third kappa shape index (κ3) is 4.16. The molecule has 0 aliphatic rings. The van der Waals surface area contributed by atoms with E-state index < -0.39 is 0 Å². The maximum Gasteiger partial charge on any atom is 0.191 e. The van der Waals surface area contributed by atoms with Crippen molar-refractivity contribution >= 4 is 29.2 Å². The average Bonchev–Trinajstić information content (AvgIpc) is 2.72. The summed E-state index contributed by atoms with van der Waals surface area (Å²) in [5.41, 5.74) is 7.21. The smallest absolute Gasteiger partial charge is 0.191 e. The van der Waals surface area contributed by atoms with Gasteiger partial charge in [-0.2, -0.15) is 5.10 Å². The third-order valence-corrected chi connectivity index (χ3v) is 3.37. The number of nitrogens with one attached hydrogen (secondary N) is 2. The van der Waals surface area contributed by atoms with Crippen molar-refractivity contribution in [2.75, 3.05) is 5.32 Å². The van der Waals surface area contributed by atoms with E-state index >= 15 is 0 Å². The highest BCUT2D eigenvalue weighted by atomic mass is 32.1. The zero-order valence-electron chi connectivity index (χ0n) is 12.7. The molecule has 0 fully saturated rings. The second kappa shape index (κ2) is 6.54. The Bertz CT molecular complexity index is 669. The molecule has 110 valence electrons. The van der Waals surface area contributed by atoms with E-state index in [0.29, 0.717) is 10.9 Å². The number of benzene rings is 1. The number of nitrogens with zero attached hydrogens (tertiary/aromatic N) is 1. The Kier molecular flexibility index (Phi) is 4.75. The van der Waals surface area contributed by atoms with E-state index in [-0.39, 0.29) is 0 Å². The van der Waals surface area contributed by atoms with Crippen molar-refractivity contribution in [2.45, 2.75) is 27.7 Å². The summed E-state index contributed by atoms with van der Waals surface area (Å²) in [4.78, 5) is 0. The van der Waals surface area contributed by atoms with Gasteiger partial charge in [-0.1, -0.05) is 17.7 Å². The Morgan fingerprint density at radius 2 is 1.90 bits per heavy atom. The molecular formula is C16H19N3OS. The molecule has 5 heteroatoms. The topological polar surface area (TPSA) is 49.6 Å². The maximum atomic E-state index is 5.49. The van der Waals surface area contributed by atoms with E-state index in [4.69, 9.17) is 16.6 Å². The number of hydrazone groups is 1. The fourth-order valence-corrected chi connectivity index (χ4v) is 2.09. The van der Waals surface area contributed by atoms with Crippen molar-refractivity contribution in [1.82, 2.24) is 5.43 Å². The lowest BCUT2D eigenvalue weighted by Gasteiger charge is -2.10. The molecule has 21 heavy (non-hydrogen) atoms. The van der Waals surface area contributed by atoms with Crippen molar-refractivity contribution in [2.24, 2.45) is 5.10 Å². The first-order chi connectivity index (χ1) is 9.95. The highest BCUT2D eigenvalue weighted by molar-refractivity contribution is 7.80. The van der Waals surface area contributed by atoms with Crippen molar-refractivity contribution < 1.29 is 4.42 Å². The van der Waals surface area contributed by atoms with Gasteiger partial charge in [0.15, 0.2) is 5.11 Å². The van der Waals surface area contributed by atoms with Crippen LogP contribution in [0.25, 0.3) is 0 Å². The number of anilines is 1. The monoisotopic (exact) mass is 301 g/mol. The highest BCUT2D eigenvalue weighted by Gasteiger charge is 2.02. The molecule has 1 aromatic carbocycles. The Labute approximate surface area is 130 Å². The van der Waals surface area contributed by atoms with Crippen LogP contribution < -0.4 is 10.7 Å². The molecule has 2 rings (SSSR count). The zero-order valence-corrected chi connectivity index (χ0v) is 13.5. The van der Waals surface area contributed by atoms with E-state index in [1.807, 2.05) is 39.0 Å². The molecule has 0 aliphatic carbocycles. The first-order valence-corrected chi connectivity index (χ1v) is 7.11. The Balaban J connectivity index is 1.93. The van der Waals surface area contributed by atoms with Gasteiger partial charge in [0.2, 0.25) is 0 Å². The van der Waals surface area contributed by atoms with Crippen LogP contribution in [0.15, 0.2) is 33.8 Å². The molecule has 0 spiro atoms. The summed E-state index contributed by atoms with van der Waals surface area (Å²) in [6.45, 7) is 8.02.